The third-order valence-electron chi connectivity index (χ3n) is 2.93. The van der Waals surface area contributed by atoms with Gasteiger partial charge < -0.3 is 4.74 Å². The number of rotatable bonds is 3. The lowest BCUT2D eigenvalue weighted by molar-refractivity contribution is 0.295. The fraction of sp³-hybridized carbons (Fsp3) is 0.286. The molecule has 2 aromatic rings. The van der Waals surface area contributed by atoms with E-state index in [2.05, 4.69) is 36.2 Å². The molecular weight excluding hydrogens is 248 g/mol. The third kappa shape index (κ3) is 2.79. The Morgan fingerprint density at radius 3 is 2.39 bits per heavy atom. The summed E-state index contributed by atoms with van der Waals surface area (Å²) in [5, 5.41) is 8.15. The molecule has 0 saturated carbocycles. The first-order chi connectivity index (χ1) is 8.58. The molecule has 0 radical (unpaired) electrons. The average Bonchev–Trinajstić information content (AvgIpc) is 2.36. The van der Waals surface area contributed by atoms with Crippen LogP contribution in [0, 0.1) is 20.8 Å². The van der Waals surface area contributed by atoms with E-state index in [1.165, 1.54) is 5.56 Å². The average molecular weight is 263 g/mol. The van der Waals surface area contributed by atoms with Gasteiger partial charge in [0.25, 0.3) is 0 Å². The minimum atomic E-state index is 0.390. The highest BCUT2D eigenvalue weighted by molar-refractivity contribution is 6.29. The van der Waals surface area contributed by atoms with Crippen LogP contribution in [-0.2, 0) is 6.61 Å². The summed E-state index contributed by atoms with van der Waals surface area (Å²) >= 11 is 5.69. The number of aryl methyl sites for hydroxylation is 2. The van der Waals surface area contributed by atoms with Crippen LogP contribution in [0.1, 0.15) is 22.4 Å². The molecule has 18 heavy (non-hydrogen) atoms. The number of benzene rings is 1. The van der Waals surface area contributed by atoms with Gasteiger partial charge in [-0.25, -0.2) is 0 Å². The fourth-order valence-electron chi connectivity index (χ4n) is 1.71. The maximum atomic E-state index is 5.83. The molecule has 0 amide bonds. The van der Waals surface area contributed by atoms with Crippen molar-refractivity contribution in [1.29, 1.82) is 0 Å². The smallest absolute Gasteiger partial charge is 0.151 e. The molecule has 0 saturated heterocycles. The number of hydrogen-bond acceptors (Lipinski definition) is 3. The predicted octanol–water partition coefficient (Wildman–Crippen LogP) is 3.63. The van der Waals surface area contributed by atoms with Crippen LogP contribution in [0.4, 0.5) is 0 Å². The Hall–Kier alpha value is -1.61. The second kappa shape index (κ2) is 5.36. The molecule has 0 bridgehead atoms. The molecule has 1 aromatic carbocycles. The summed E-state index contributed by atoms with van der Waals surface area (Å²) in [5.74, 6) is 0.923. The molecule has 0 aliphatic rings. The van der Waals surface area contributed by atoms with Crippen molar-refractivity contribution in [2.75, 3.05) is 0 Å². The molecule has 0 aliphatic carbocycles. The molecule has 0 fully saturated rings. The van der Waals surface area contributed by atoms with Crippen LogP contribution in [0.15, 0.2) is 24.3 Å². The van der Waals surface area contributed by atoms with Crippen molar-refractivity contribution in [1.82, 2.24) is 10.2 Å². The zero-order valence-electron chi connectivity index (χ0n) is 10.7. The van der Waals surface area contributed by atoms with E-state index >= 15 is 0 Å². The highest BCUT2D eigenvalue weighted by Gasteiger charge is 2.07. The van der Waals surface area contributed by atoms with E-state index in [4.69, 9.17) is 16.3 Å². The van der Waals surface area contributed by atoms with Gasteiger partial charge in [-0.05, 0) is 49.6 Å². The van der Waals surface area contributed by atoms with Gasteiger partial charge >= 0.3 is 0 Å². The Labute approximate surface area is 112 Å². The van der Waals surface area contributed by atoms with E-state index in [-0.39, 0.29) is 0 Å². The molecule has 94 valence electrons. The van der Waals surface area contributed by atoms with Crippen LogP contribution in [0.3, 0.4) is 0 Å². The second-order valence-electron chi connectivity index (χ2n) is 4.29. The van der Waals surface area contributed by atoms with E-state index < -0.39 is 0 Å². The predicted molar refractivity (Wildman–Crippen MR) is 72.0 cm³/mol. The van der Waals surface area contributed by atoms with Gasteiger partial charge in [-0.1, -0.05) is 23.7 Å². The molecule has 2 rings (SSSR count). The van der Waals surface area contributed by atoms with Crippen molar-refractivity contribution >= 4 is 11.6 Å². The van der Waals surface area contributed by atoms with Crippen LogP contribution >= 0.6 is 11.6 Å². The SMILES string of the molecule is Cc1ccc(C)c(OCc2ccc(Cl)nn2)c1C. The molecule has 0 spiro atoms. The summed E-state index contributed by atoms with van der Waals surface area (Å²) < 4.78 is 5.83. The van der Waals surface area contributed by atoms with Crippen LogP contribution in [0.25, 0.3) is 0 Å². The molecule has 1 aromatic heterocycles. The first-order valence-electron chi connectivity index (χ1n) is 5.75. The summed E-state index contributed by atoms with van der Waals surface area (Å²) in [7, 11) is 0. The van der Waals surface area contributed by atoms with E-state index in [1.807, 2.05) is 13.0 Å². The highest BCUT2D eigenvalue weighted by atomic mass is 35.5. The number of aromatic nitrogens is 2. The minimum absolute atomic E-state index is 0.390. The number of nitrogens with zero attached hydrogens (tertiary/aromatic N) is 2. The summed E-state index contributed by atoms with van der Waals surface area (Å²) in [6.07, 6.45) is 0. The first-order valence-corrected chi connectivity index (χ1v) is 6.13. The van der Waals surface area contributed by atoms with E-state index in [9.17, 15) is 0 Å². The number of ether oxygens (including phenoxy) is 1. The quantitative estimate of drug-likeness (QED) is 0.847. The monoisotopic (exact) mass is 262 g/mol. The lowest BCUT2D eigenvalue weighted by Crippen LogP contribution is -2.02. The summed E-state index contributed by atoms with van der Waals surface area (Å²) in [6.45, 7) is 6.57. The minimum Gasteiger partial charge on any atom is -0.487 e. The van der Waals surface area contributed by atoms with Crippen LogP contribution in [0.2, 0.25) is 5.15 Å². The van der Waals surface area contributed by atoms with Gasteiger partial charge in [0.15, 0.2) is 5.15 Å². The zero-order chi connectivity index (χ0) is 13.1. The molecule has 0 unspecified atom stereocenters. The zero-order valence-corrected chi connectivity index (χ0v) is 11.5. The Balaban J connectivity index is 2.15. The molecule has 0 aliphatic heterocycles. The second-order valence-corrected chi connectivity index (χ2v) is 4.68. The number of hydrogen-bond donors (Lipinski definition) is 0. The van der Waals surface area contributed by atoms with Crippen molar-refractivity contribution in [3.63, 3.8) is 0 Å². The van der Waals surface area contributed by atoms with Crippen LogP contribution < -0.4 is 4.74 Å². The van der Waals surface area contributed by atoms with Gasteiger partial charge in [0.2, 0.25) is 0 Å². The maximum Gasteiger partial charge on any atom is 0.151 e. The normalized spacial score (nSPS) is 10.4. The lowest BCUT2D eigenvalue weighted by Gasteiger charge is -2.13. The number of halogens is 1. The van der Waals surface area contributed by atoms with Crippen molar-refractivity contribution in [2.24, 2.45) is 0 Å². The van der Waals surface area contributed by atoms with E-state index in [0.717, 1.165) is 22.6 Å². The summed E-state index contributed by atoms with van der Waals surface area (Å²) in [4.78, 5) is 0. The van der Waals surface area contributed by atoms with Crippen molar-refractivity contribution in [3.05, 3.63) is 51.8 Å². The van der Waals surface area contributed by atoms with Gasteiger partial charge in [-0.3, -0.25) is 0 Å². The Bertz CT molecular complexity index is 552. The van der Waals surface area contributed by atoms with Crippen LogP contribution in [0.5, 0.6) is 5.75 Å². The first kappa shape index (κ1) is 12.8. The Morgan fingerprint density at radius 1 is 1.00 bits per heavy atom. The molecule has 3 nitrogen and oxygen atoms in total. The summed E-state index contributed by atoms with van der Waals surface area (Å²) in [6, 6.07) is 7.68. The fourth-order valence-corrected chi connectivity index (χ4v) is 1.82. The summed E-state index contributed by atoms with van der Waals surface area (Å²) in [5.41, 5.74) is 4.27. The van der Waals surface area contributed by atoms with Gasteiger partial charge in [-0.2, -0.15) is 5.10 Å². The van der Waals surface area contributed by atoms with Crippen molar-refractivity contribution in [2.45, 2.75) is 27.4 Å². The van der Waals surface area contributed by atoms with Gasteiger partial charge in [-0.15, -0.1) is 5.10 Å². The highest BCUT2D eigenvalue weighted by Crippen LogP contribution is 2.26. The van der Waals surface area contributed by atoms with Gasteiger partial charge in [0.05, 0.1) is 0 Å². The Kier molecular flexibility index (Phi) is 3.82. The topological polar surface area (TPSA) is 35.0 Å². The third-order valence-corrected chi connectivity index (χ3v) is 3.13. The Morgan fingerprint density at radius 2 is 1.72 bits per heavy atom. The largest absolute Gasteiger partial charge is 0.487 e. The van der Waals surface area contributed by atoms with E-state index in [1.54, 1.807) is 6.07 Å². The lowest BCUT2D eigenvalue weighted by atomic mass is 10.1. The standard InChI is InChI=1S/C14H15ClN2O/c1-9-4-5-10(2)14(11(9)3)18-8-12-6-7-13(15)17-16-12/h4-7H,8H2,1-3H3. The molecule has 0 N–H and O–H groups in total. The molecule has 1 heterocycles. The van der Waals surface area contributed by atoms with E-state index in [0.29, 0.717) is 11.8 Å². The van der Waals surface area contributed by atoms with Crippen molar-refractivity contribution in [3.8, 4) is 5.75 Å². The molecule has 4 heteroatoms. The van der Waals surface area contributed by atoms with Gasteiger partial charge in [0, 0.05) is 0 Å². The van der Waals surface area contributed by atoms with Gasteiger partial charge in [0.1, 0.15) is 18.1 Å². The van der Waals surface area contributed by atoms with Crippen molar-refractivity contribution < 1.29 is 4.74 Å². The molecular formula is C14H15ClN2O. The maximum absolute atomic E-state index is 5.83. The van der Waals surface area contributed by atoms with Crippen LogP contribution in [-0.4, -0.2) is 10.2 Å². The molecule has 0 atom stereocenters.